The fourth-order valence-corrected chi connectivity index (χ4v) is 2.82. The summed E-state index contributed by atoms with van der Waals surface area (Å²) in [5.41, 5.74) is 7.03. The molecule has 0 radical (unpaired) electrons. The van der Waals surface area contributed by atoms with Gasteiger partial charge >= 0.3 is 0 Å². The third-order valence-electron chi connectivity index (χ3n) is 3.34. The van der Waals surface area contributed by atoms with Crippen LogP contribution in [0.15, 0.2) is 30.3 Å². The van der Waals surface area contributed by atoms with Crippen molar-refractivity contribution in [1.82, 2.24) is 4.90 Å². The Bertz CT molecular complexity index is 369. The Hall–Kier alpha value is -0.640. The Kier molecular flexibility index (Phi) is 6.61. The molecule has 4 heteroatoms. The van der Waals surface area contributed by atoms with Gasteiger partial charge in [0.2, 0.25) is 0 Å². The summed E-state index contributed by atoms with van der Waals surface area (Å²) in [5.74, 6) is 0.657. The number of thiocarbonyl (C=S) groups is 1. The fourth-order valence-electron chi connectivity index (χ4n) is 2.59. The van der Waals surface area contributed by atoms with Crippen LogP contribution < -0.4 is 5.73 Å². The number of piperidine rings is 1. The van der Waals surface area contributed by atoms with Gasteiger partial charge in [0, 0.05) is 19.5 Å². The van der Waals surface area contributed by atoms with Crippen LogP contribution in [0.4, 0.5) is 0 Å². The van der Waals surface area contributed by atoms with E-state index in [0.717, 1.165) is 19.5 Å². The first-order valence-electron chi connectivity index (χ1n) is 6.28. The quantitative estimate of drug-likeness (QED) is 0.862. The highest BCUT2D eigenvalue weighted by Gasteiger charge is 2.20. The standard InChI is InChI=1S/C14H20N2S.ClH/c15-14(17)9-13-7-4-8-16(11-13)10-12-5-2-1-3-6-12;/h1-3,5-6,13H,4,7-11H2,(H2,15,17);1H. The first-order valence-corrected chi connectivity index (χ1v) is 6.69. The summed E-state index contributed by atoms with van der Waals surface area (Å²) in [7, 11) is 0. The monoisotopic (exact) mass is 284 g/mol. The van der Waals surface area contributed by atoms with Crippen molar-refractivity contribution in [2.75, 3.05) is 13.1 Å². The van der Waals surface area contributed by atoms with Crippen molar-refractivity contribution in [3.63, 3.8) is 0 Å². The minimum atomic E-state index is 0. The van der Waals surface area contributed by atoms with Crippen molar-refractivity contribution in [2.45, 2.75) is 25.8 Å². The van der Waals surface area contributed by atoms with Gasteiger partial charge in [-0.25, -0.2) is 0 Å². The van der Waals surface area contributed by atoms with Crippen molar-refractivity contribution in [3.05, 3.63) is 35.9 Å². The molecule has 0 aliphatic carbocycles. The summed E-state index contributed by atoms with van der Waals surface area (Å²) in [6.07, 6.45) is 3.43. The summed E-state index contributed by atoms with van der Waals surface area (Å²) >= 11 is 5.00. The number of nitrogens with zero attached hydrogens (tertiary/aromatic N) is 1. The Morgan fingerprint density at radius 1 is 1.33 bits per heavy atom. The molecule has 1 aliphatic rings. The zero-order valence-corrected chi connectivity index (χ0v) is 12.2. The molecule has 0 aromatic heterocycles. The summed E-state index contributed by atoms with van der Waals surface area (Å²) in [6, 6.07) is 10.7. The van der Waals surface area contributed by atoms with Gasteiger partial charge in [-0.1, -0.05) is 42.5 Å². The first kappa shape index (κ1) is 15.4. The lowest BCUT2D eigenvalue weighted by Crippen LogP contribution is -2.36. The number of halogens is 1. The maximum atomic E-state index is 5.63. The predicted molar refractivity (Wildman–Crippen MR) is 83.1 cm³/mol. The molecule has 1 aromatic rings. The minimum Gasteiger partial charge on any atom is -0.393 e. The molecule has 2 rings (SSSR count). The van der Waals surface area contributed by atoms with Gasteiger partial charge < -0.3 is 5.73 Å². The van der Waals surface area contributed by atoms with E-state index in [0.29, 0.717) is 10.9 Å². The van der Waals surface area contributed by atoms with Crippen LogP contribution in [-0.2, 0) is 6.54 Å². The molecule has 2 N–H and O–H groups in total. The van der Waals surface area contributed by atoms with E-state index in [1.165, 1.54) is 24.9 Å². The molecule has 0 saturated carbocycles. The maximum Gasteiger partial charge on any atom is 0.0730 e. The second kappa shape index (κ2) is 7.72. The van der Waals surface area contributed by atoms with Crippen molar-refractivity contribution >= 4 is 29.6 Å². The highest BCUT2D eigenvalue weighted by atomic mass is 35.5. The normalized spacial score (nSPS) is 20.1. The van der Waals surface area contributed by atoms with Crippen LogP contribution in [0, 0.1) is 5.92 Å². The Morgan fingerprint density at radius 3 is 2.72 bits per heavy atom. The smallest absolute Gasteiger partial charge is 0.0730 e. The summed E-state index contributed by atoms with van der Waals surface area (Å²) in [4.78, 5) is 3.18. The van der Waals surface area contributed by atoms with Gasteiger partial charge in [-0.05, 0) is 30.9 Å². The Balaban J connectivity index is 0.00000162. The highest BCUT2D eigenvalue weighted by molar-refractivity contribution is 7.80. The van der Waals surface area contributed by atoms with E-state index >= 15 is 0 Å². The lowest BCUT2D eigenvalue weighted by atomic mass is 9.94. The van der Waals surface area contributed by atoms with Crippen LogP contribution in [0.5, 0.6) is 0 Å². The topological polar surface area (TPSA) is 29.3 Å². The van der Waals surface area contributed by atoms with Crippen LogP contribution in [0.1, 0.15) is 24.8 Å². The third kappa shape index (κ3) is 4.92. The summed E-state index contributed by atoms with van der Waals surface area (Å²) in [6.45, 7) is 3.38. The van der Waals surface area contributed by atoms with E-state index in [-0.39, 0.29) is 12.4 Å². The Labute approximate surface area is 121 Å². The van der Waals surface area contributed by atoms with Gasteiger partial charge in [0.1, 0.15) is 0 Å². The maximum absolute atomic E-state index is 5.63. The number of hydrogen-bond acceptors (Lipinski definition) is 2. The fraction of sp³-hybridized carbons (Fsp3) is 0.500. The zero-order valence-electron chi connectivity index (χ0n) is 10.5. The molecule has 100 valence electrons. The molecule has 1 fully saturated rings. The lowest BCUT2D eigenvalue weighted by Gasteiger charge is -2.32. The molecular formula is C14H21ClN2S. The van der Waals surface area contributed by atoms with Crippen LogP contribution >= 0.6 is 24.6 Å². The molecule has 18 heavy (non-hydrogen) atoms. The Morgan fingerprint density at radius 2 is 2.06 bits per heavy atom. The molecule has 2 nitrogen and oxygen atoms in total. The molecule has 1 heterocycles. The van der Waals surface area contributed by atoms with E-state index in [4.69, 9.17) is 18.0 Å². The molecule has 1 aliphatic heterocycles. The number of hydrogen-bond donors (Lipinski definition) is 1. The molecule has 1 atom stereocenters. The summed E-state index contributed by atoms with van der Waals surface area (Å²) in [5, 5.41) is 0. The average Bonchev–Trinajstić information content (AvgIpc) is 2.30. The number of benzene rings is 1. The van der Waals surface area contributed by atoms with Gasteiger partial charge in [-0.2, -0.15) is 0 Å². The van der Waals surface area contributed by atoms with Gasteiger partial charge in [-0.15, -0.1) is 12.4 Å². The number of rotatable bonds is 4. The SMILES string of the molecule is Cl.NC(=S)CC1CCCN(Cc2ccccc2)C1. The second-order valence-electron chi connectivity index (χ2n) is 4.90. The molecule has 0 amide bonds. The largest absolute Gasteiger partial charge is 0.393 e. The van der Waals surface area contributed by atoms with Crippen molar-refractivity contribution in [3.8, 4) is 0 Å². The third-order valence-corrected chi connectivity index (χ3v) is 3.51. The van der Waals surface area contributed by atoms with E-state index in [9.17, 15) is 0 Å². The van der Waals surface area contributed by atoms with E-state index in [2.05, 4.69) is 35.2 Å². The summed E-state index contributed by atoms with van der Waals surface area (Å²) < 4.78 is 0. The average molecular weight is 285 g/mol. The van der Waals surface area contributed by atoms with Crippen LogP contribution in [0.25, 0.3) is 0 Å². The number of likely N-dealkylation sites (tertiary alicyclic amines) is 1. The number of nitrogens with two attached hydrogens (primary N) is 1. The molecule has 0 bridgehead atoms. The molecule has 1 unspecified atom stereocenters. The van der Waals surface area contributed by atoms with Crippen molar-refractivity contribution in [1.29, 1.82) is 0 Å². The van der Waals surface area contributed by atoms with Crippen molar-refractivity contribution < 1.29 is 0 Å². The zero-order chi connectivity index (χ0) is 12.1. The van der Waals surface area contributed by atoms with Crippen LogP contribution in [-0.4, -0.2) is 23.0 Å². The first-order chi connectivity index (χ1) is 8.24. The molecular weight excluding hydrogens is 264 g/mol. The molecule has 1 aromatic carbocycles. The minimum absolute atomic E-state index is 0. The molecule has 0 spiro atoms. The van der Waals surface area contributed by atoms with E-state index < -0.39 is 0 Å². The van der Waals surface area contributed by atoms with Crippen LogP contribution in [0.2, 0.25) is 0 Å². The highest BCUT2D eigenvalue weighted by Crippen LogP contribution is 2.21. The molecule has 1 saturated heterocycles. The van der Waals surface area contributed by atoms with Gasteiger partial charge in [0.15, 0.2) is 0 Å². The predicted octanol–water partition coefficient (Wildman–Crippen LogP) is 3.00. The lowest BCUT2D eigenvalue weighted by molar-refractivity contribution is 0.171. The van der Waals surface area contributed by atoms with Gasteiger partial charge in [-0.3, -0.25) is 4.90 Å². The van der Waals surface area contributed by atoms with Gasteiger partial charge in [0.05, 0.1) is 4.99 Å². The second-order valence-corrected chi connectivity index (χ2v) is 5.42. The van der Waals surface area contributed by atoms with Gasteiger partial charge in [0.25, 0.3) is 0 Å². The van der Waals surface area contributed by atoms with Crippen LogP contribution in [0.3, 0.4) is 0 Å². The van der Waals surface area contributed by atoms with E-state index in [1.54, 1.807) is 0 Å². The van der Waals surface area contributed by atoms with E-state index in [1.807, 2.05) is 0 Å². The van der Waals surface area contributed by atoms with Crippen molar-refractivity contribution in [2.24, 2.45) is 11.7 Å².